The van der Waals surface area contributed by atoms with E-state index in [1.807, 2.05) is 12.1 Å². The molecule has 0 fully saturated rings. The lowest BCUT2D eigenvalue weighted by molar-refractivity contribution is -0.174. The van der Waals surface area contributed by atoms with E-state index in [1.165, 1.54) is 5.56 Å². The Morgan fingerprint density at radius 1 is 1.50 bits per heavy atom. The van der Waals surface area contributed by atoms with Crippen LogP contribution in [-0.2, 0) is 11.2 Å². The van der Waals surface area contributed by atoms with Crippen molar-refractivity contribution in [3.8, 4) is 0 Å². The van der Waals surface area contributed by atoms with Gasteiger partial charge in [-0.15, -0.1) is 0 Å². The molecule has 1 aromatic rings. The van der Waals surface area contributed by atoms with Crippen molar-refractivity contribution in [1.82, 2.24) is 10.4 Å². The molecule has 1 aliphatic carbocycles. The number of hydrogen-bond donors (Lipinski definition) is 2. The number of rotatable bonds is 6. The SMILES string of the molecule is NNC(CCOCC(F)(F)F)C1CCc2cccnc21. The van der Waals surface area contributed by atoms with Crippen molar-refractivity contribution in [2.24, 2.45) is 5.84 Å². The topological polar surface area (TPSA) is 60.2 Å². The molecule has 3 N–H and O–H groups in total. The number of hydrogen-bond acceptors (Lipinski definition) is 4. The average Bonchev–Trinajstić information content (AvgIpc) is 2.82. The van der Waals surface area contributed by atoms with Crippen molar-refractivity contribution < 1.29 is 17.9 Å². The molecule has 7 heteroatoms. The van der Waals surface area contributed by atoms with Crippen molar-refractivity contribution in [2.45, 2.75) is 37.4 Å². The highest BCUT2D eigenvalue weighted by molar-refractivity contribution is 5.29. The molecule has 2 atom stereocenters. The Morgan fingerprint density at radius 2 is 2.30 bits per heavy atom. The molecule has 112 valence electrons. The fourth-order valence-corrected chi connectivity index (χ4v) is 2.63. The quantitative estimate of drug-likeness (QED) is 0.477. The molecule has 0 bridgehead atoms. The zero-order valence-corrected chi connectivity index (χ0v) is 11.0. The third-order valence-electron chi connectivity index (χ3n) is 3.54. The number of hydrazine groups is 1. The van der Waals surface area contributed by atoms with Gasteiger partial charge in [0.2, 0.25) is 0 Å². The molecule has 0 aliphatic heterocycles. The second-order valence-electron chi connectivity index (χ2n) is 4.92. The number of halogens is 3. The van der Waals surface area contributed by atoms with E-state index in [2.05, 4.69) is 15.1 Å². The molecule has 1 aliphatic rings. The Bertz CT molecular complexity index is 439. The number of nitrogens with zero attached hydrogens (tertiary/aromatic N) is 1. The second kappa shape index (κ2) is 6.51. The third kappa shape index (κ3) is 3.91. The first kappa shape index (κ1) is 15.2. The standard InChI is InChI=1S/C13H18F3N3O/c14-13(15,16)8-20-7-5-11(19-17)10-4-3-9-2-1-6-18-12(9)10/h1-2,6,10-11,19H,3-5,7-8,17H2. The highest BCUT2D eigenvalue weighted by Crippen LogP contribution is 2.34. The zero-order chi connectivity index (χ0) is 14.6. The first-order chi connectivity index (χ1) is 9.51. The normalized spacial score (nSPS) is 19.9. The Balaban J connectivity index is 1.87. The maximum atomic E-state index is 12.0. The highest BCUT2D eigenvalue weighted by atomic mass is 19.4. The molecule has 0 aromatic carbocycles. The highest BCUT2D eigenvalue weighted by Gasteiger charge is 2.31. The Labute approximate surface area is 115 Å². The molecule has 20 heavy (non-hydrogen) atoms. The van der Waals surface area contributed by atoms with Crippen LogP contribution in [0.15, 0.2) is 18.3 Å². The number of ether oxygens (including phenoxy) is 1. The van der Waals surface area contributed by atoms with E-state index in [4.69, 9.17) is 5.84 Å². The lowest BCUT2D eigenvalue weighted by atomic mass is 9.95. The van der Waals surface area contributed by atoms with Crippen LogP contribution in [0.2, 0.25) is 0 Å². The van der Waals surface area contributed by atoms with Gasteiger partial charge in [-0.1, -0.05) is 6.07 Å². The minimum absolute atomic E-state index is 0.0209. The van der Waals surface area contributed by atoms with Gasteiger partial charge in [0, 0.05) is 30.5 Å². The number of nitrogens with two attached hydrogens (primary N) is 1. The summed E-state index contributed by atoms with van der Waals surface area (Å²) in [6.07, 6.45) is -0.304. The van der Waals surface area contributed by atoms with Crippen LogP contribution in [0, 0.1) is 0 Å². The number of pyridine rings is 1. The van der Waals surface area contributed by atoms with Gasteiger partial charge in [0.25, 0.3) is 0 Å². The summed E-state index contributed by atoms with van der Waals surface area (Å²) in [6.45, 7) is -1.20. The maximum Gasteiger partial charge on any atom is 0.411 e. The van der Waals surface area contributed by atoms with Gasteiger partial charge in [-0.3, -0.25) is 16.3 Å². The monoisotopic (exact) mass is 289 g/mol. The summed E-state index contributed by atoms with van der Waals surface area (Å²) >= 11 is 0. The van der Waals surface area contributed by atoms with Crippen LogP contribution in [-0.4, -0.2) is 30.4 Å². The number of alkyl halides is 3. The fraction of sp³-hybridized carbons (Fsp3) is 0.615. The van der Waals surface area contributed by atoms with Gasteiger partial charge in [-0.05, 0) is 30.9 Å². The lowest BCUT2D eigenvalue weighted by Crippen LogP contribution is -2.40. The summed E-state index contributed by atoms with van der Waals surface area (Å²) in [6, 6.07) is 3.79. The third-order valence-corrected chi connectivity index (χ3v) is 3.54. The molecule has 4 nitrogen and oxygen atoms in total. The lowest BCUT2D eigenvalue weighted by Gasteiger charge is -2.23. The van der Waals surface area contributed by atoms with Crippen LogP contribution in [0.1, 0.15) is 30.0 Å². The van der Waals surface area contributed by atoms with E-state index in [1.54, 1.807) is 6.20 Å². The van der Waals surface area contributed by atoms with Gasteiger partial charge in [-0.2, -0.15) is 13.2 Å². The van der Waals surface area contributed by atoms with E-state index in [9.17, 15) is 13.2 Å². The van der Waals surface area contributed by atoms with E-state index < -0.39 is 12.8 Å². The summed E-state index contributed by atoms with van der Waals surface area (Å²) in [5.74, 6) is 5.65. The minimum atomic E-state index is -4.28. The first-order valence-electron chi connectivity index (χ1n) is 6.55. The molecule has 0 spiro atoms. The van der Waals surface area contributed by atoms with Gasteiger partial charge in [0.1, 0.15) is 6.61 Å². The van der Waals surface area contributed by atoms with E-state index in [-0.39, 0.29) is 18.6 Å². The van der Waals surface area contributed by atoms with Crippen molar-refractivity contribution in [2.75, 3.05) is 13.2 Å². The van der Waals surface area contributed by atoms with Gasteiger partial charge in [0.05, 0.1) is 0 Å². The Hall–Kier alpha value is -1.18. The van der Waals surface area contributed by atoms with Crippen LogP contribution in [0.5, 0.6) is 0 Å². The predicted octanol–water partition coefficient (Wildman–Crippen LogP) is 1.91. The van der Waals surface area contributed by atoms with Crippen molar-refractivity contribution in [1.29, 1.82) is 0 Å². The summed E-state index contributed by atoms with van der Waals surface area (Å²) in [7, 11) is 0. The molecular weight excluding hydrogens is 271 g/mol. The second-order valence-corrected chi connectivity index (χ2v) is 4.92. The molecule has 0 saturated carbocycles. The van der Waals surface area contributed by atoms with Crippen LogP contribution in [0.25, 0.3) is 0 Å². The molecule has 0 amide bonds. The van der Waals surface area contributed by atoms with E-state index >= 15 is 0 Å². The van der Waals surface area contributed by atoms with Crippen LogP contribution in [0.3, 0.4) is 0 Å². The molecular formula is C13H18F3N3O. The average molecular weight is 289 g/mol. The Kier molecular flexibility index (Phi) is 4.95. The van der Waals surface area contributed by atoms with E-state index in [0.717, 1.165) is 18.5 Å². The zero-order valence-electron chi connectivity index (χ0n) is 11.0. The minimum Gasteiger partial charge on any atom is -0.372 e. The molecule has 0 radical (unpaired) electrons. The molecule has 0 saturated heterocycles. The molecule has 2 rings (SSSR count). The largest absolute Gasteiger partial charge is 0.411 e. The fourth-order valence-electron chi connectivity index (χ4n) is 2.63. The van der Waals surface area contributed by atoms with Crippen molar-refractivity contribution in [3.63, 3.8) is 0 Å². The van der Waals surface area contributed by atoms with Gasteiger partial charge < -0.3 is 4.74 Å². The van der Waals surface area contributed by atoms with Crippen LogP contribution < -0.4 is 11.3 Å². The number of aryl methyl sites for hydroxylation is 1. The first-order valence-corrected chi connectivity index (χ1v) is 6.55. The molecule has 1 aromatic heterocycles. The summed E-state index contributed by atoms with van der Waals surface area (Å²) in [5.41, 5.74) is 4.86. The number of nitrogens with one attached hydrogen (secondary N) is 1. The smallest absolute Gasteiger partial charge is 0.372 e. The van der Waals surface area contributed by atoms with Gasteiger partial charge >= 0.3 is 6.18 Å². The predicted molar refractivity (Wildman–Crippen MR) is 67.9 cm³/mol. The molecule has 2 unspecified atom stereocenters. The summed E-state index contributed by atoms with van der Waals surface area (Å²) < 4.78 is 40.6. The van der Waals surface area contributed by atoms with Gasteiger partial charge in [0.15, 0.2) is 0 Å². The summed E-state index contributed by atoms with van der Waals surface area (Å²) in [4.78, 5) is 4.36. The Morgan fingerprint density at radius 3 is 3.00 bits per heavy atom. The van der Waals surface area contributed by atoms with Crippen LogP contribution >= 0.6 is 0 Å². The number of aromatic nitrogens is 1. The van der Waals surface area contributed by atoms with E-state index in [0.29, 0.717) is 6.42 Å². The summed E-state index contributed by atoms with van der Waals surface area (Å²) in [5, 5.41) is 0. The van der Waals surface area contributed by atoms with Crippen molar-refractivity contribution >= 4 is 0 Å². The van der Waals surface area contributed by atoms with Crippen LogP contribution in [0.4, 0.5) is 13.2 Å². The molecule has 1 heterocycles. The van der Waals surface area contributed by atoms with Crippen molar-refractivity contribution in [3.05, 3.63) is 29.6 Å². The number of fused-ring (bicyclic) bond motifs is 1. The van der Waals surface area contributed by atoms with Gasteiger partial charge in [-0.25, -0.2) is 0 Å². The maximum absolute atomic E-state index is 12.0.